The van der Waals surface area contributed by atoms with Crippen LogP contribution in [0.3, 0.4) is 0 Å². The molecule has 0 atom stereocenters. The number of carbonyl (C=O) groups excluding carboxylic acids is 1. The highest BCUT2D eigenvalue weighted by atomic mass is 32.1. The Morgan fingerprint density at radius 3 is 2.93 bits per heavy atom. The smallest absolute Gasteiger partial charge is 0.252 e. The number of hydrogen-bond acceptors (Lipinski definition) is 3. The standard InChI is InChI=1S/C10H12N2OS/c1-10(2,6-11)7-12-9(13)8-3-4-14-5-8/h3-5H,7H2,1-2H3,(H,12,13). The van der Waals surface area contributed by atoms with E-state index in [1.807, 2.05) is 5.38 Å². The molecular formula is C10H12N2OS. The Hall–Kier alpha value is -1.34. The molecule has 4 heteroatoms. The minimum Gasteiger partial charge on any atom is -0.350 e. The van der Waals surface area contributed by atoms with Crippen LogP contribution in [0.15, 0.2) is 16.8 Å². The van der Waals surface area contributed by atoms with E-state index in [1.54, 1.807) is 25.3 Å². The van der Waals surface area contributed by atoms with Gasteiger partial charge in [0.1, 0.15) is 0 Å². The SMILES string of the molecule is CC(C)(C#N)CNC(=O)c1ccsc1. The van der Waals surface area contributed by atoms with Crippen molar-refractivity contribution in [2.75, 3.05) is 6.54 Å². The van der Waals surface area contributed by atoms with Crippen LogP contribution in [-0.4, -0.2) is 12.5 Å². The van der Waals surface area contributed by atoms with Crippen molar-refractivity contribution in [1.82, 2.24) is 5.32 Å². The first-order valence-corrected chi connectivity index (χ1v) is 5.21. The van der Waals surface area contributed by atoms with Crippen molar-refractivity contribution in [3.63, 3.8) is 0 Å². The van der Waals surface area contributed by atoms with E-state index in [0.29, 0.717) is 12.1 Å². The third-order valence-electron chi connectivity index (χ3n) is 1.78. The van der Waals surface area contributed by atoms with Gasteiger partial charge < -0.3 is 5.32 Å². The molecule has 0 aromatic carbocycles. The maximum atomic E-state index is 11.5. The first-order chi connectivity index (χ1) is 6.55. The third kappa shape index (κ3) is 2.86. The van der Waals surface area contributed by atoms with Gasteiger partial charge in [0.15, 0.2) is 0 Å². The summed E-state index contributed by atoms with van der Waals surface area (Å²) in [5.74, 6) is -0.116. The van der Waals surface area contributed by atoms with Gasteiger partial charge in [-0.2, -0.15) is 16.6 Å². The lowest BCUT2D eigenvalue weighted by atomic mass is 9.96. The summed E-state index contributed by atoms with van der Waals surface area (Å²) in [6, 6.07) is 3.89. The minimum atomic E-state index is -0.508. The fourth-order valence-corrected chi connectivity index (χ4v) is 1.47. The summed E-state index contributed by atoms with van der Waals surface area (Å²) in [5, 5.41) is 15.1. The quantitative estimate of drug-likeness (QED) is 0.826. The van der Waals surface area contributed by atoms with E-state index in [9.17, 15) is 4.79 Å². The maximum absolute atomic E-state index is 11.5. The van der Waals surface area contributed by atoms with Gasteiger partial charge in [0.2, 0.25) is 0 Å². The lowest BCUT2D eigenvalue weighted by Gasteiger charge is -2.15. The second-order valence-electron chi connectivity index (χ2n) is 3.69. The van der Waals surface area contributed by atoms with E-state index in [-0.39, 0.29) is 5.91 Å². The van der Waals surface area contributed by atoms with Gasteiger partial charge >= 0.3 is 0 Å². The molecule has 0 saturated heterocycles. The number of nitrogens with one attached hydrogen (secondary N) is 1. The molecule has 0 radical (unpaired) electrons. The molecule has 1 aromatic heterocycles. The predicted molar refractivity (Wildman–Crippen MR) is 56.0 cm³/mol. The van der Waals surface area contributed by atoms with Crippen molar-refractivity contribution >= 4 is 17.2 Å². The van der Waals surface area contributed by atoms with Crippen molar-refractivity contribution < 1.29 is 4.79 Å². The highest BCUT2D eigenvalue weighted by Gasteiger charge is 2.18. The largest absolute Gasteiger partial charge is 0.350 e. The van der Waals surface area contributed by atoms with Crippen molar-refractivity contribution in [1.29, 1.82) is 5.26 Å². The van der Waals surface area contributed by atoms with Crippen LogP contribution < -0.4 is 5.32 Å². The molecule has 14 heavy (non-hydrogen) atoms. The van der Waals surface area contributed by atoms with E-state index < -0.39 is 5.41 Å². The Balaban J connectivity index is 2.49. The molecule has 1 aromatic rings. The van der Waals surface area contributed by atoms with Crippen LogP contribution in [0.25, 0.3) is 0 Å². The Labute approximate surface area is 87.4 Å². The maximum Gasteiger partial charge on any atom is 0.252 e. The van der Waals surface area contributed by atoms with E-state index in [1.165, 1.54) is 11.3 Å². The molecule has 0 spiro atoms. The van der Waals surface area contributed by atoms with Crippen molar-refractivity contribution in [2.45, 2.75) is 13.8 Å². The molecule has 0 bridgehead atoms. The monoisotopic (exact) mass is 208 g/mol. The number of nitrogens with zero attached hydrogens (tertiary/aromatic N) is 1. The lowest BCUT2D eigenvalue weighted by molar-refractivity contribution is 0.0944. The van der Waals surface area contributed by atoms with Gasteiger partial charge in [0.25, 0.3) is 5.91 Å². The van der Waals surface area contributed by atoms with E-state index in [4.69, 9.17) is 5.26 Å². The molecule has 0 aliphatic heterocycles. The van der Waals surface area contributed by atoms with Crippen LogP contribution in [0.5, 0.6) is 0 Å². The summed E-state index contributed by atoms with van der Waals surface area (Å²) in [6.07, 6.45) is 0. The third-order valence-corrected chi connectivity index (χ3v) is 2.46. The fourth-order valence-electron chi connectivity index (χ4n) is 0.837. The van der Waals surface area contributed by atoms with Crippen LogP contribution in [0.2, 0.25) is 0 Å². The number of nitriles is 1. The molecule has 0 unspecified atom stereocenters. The summed E-state index contributed by atoms with van der Waals surface area (Å²) in [4.78, 5) is 11.5. The Morgan fingerprint density at radius 2 is 2.43 bits per heavy atom. The van der Waals surface area contributed by atoms with Crippen LogP contribution >= 0.6 is 11.3 Å². The summed E-state index contributed by atoms with van der Waals surface area (Å²) in [6.45, 7) is 3.96. The number of amides is 1. The van der Waals surface area contributed by atoms with Crippen LogP contribution in [0, 0.1) is 16.7 Å². The molecule has 3 nitrogen and oxygen atoms in total. The van der Waals surface area contributed by atoms with E-state index >= 15 is 0 Å². The normalized spacial score (nSPS) is 10.6. The van der Waals surface area contributed by atoms with Gasteiger partial charge in [0.05, 0.1) is 11.5 Å². The number of hydrogen-bond donors (Lipinski definition) is 1. The average Bonchev–Trinajstić information content (AvgIpc) is 2.67. The molecule has 0 saturated carbocycles. The van der Waals surface area contributed by atoms with Gasteiger partial charge in [-0.3, -0.25) is 4.79 Å². The zero-order valence-electron chi connectivity index (χ0n) is 8.20. The Morgan fingerprint density at radius 1 is 1.71 bits per heavy atom. The molecule has 1 N–H and O–H groups in total. The fraction of sp³-hybridized carbons (Fsp3) is 0.400. The van der Waals surface area contributed by atoms with Crippen molar-refractivity contribution in [2.24, 2.45) is 5.41 Å². The summed E-state index contributed by atoms with van der Waals surface area (Å²) >= 11 is 1.48. The van der Waals surface area contributed by atoms with Gasteiger partial charge in [-0.1, -0.05) is 0 Å². The molecule has 0 fully saturated rings. The van der Waals surface area contributed by atoms with Gasteiger partial charge in [0, 0.05) is 17.5 Å². The van der Waals surface area contributed by atoms with Gasteiger partial charge in [-0.25, -0.2) is 0 Å². The summed E-state index contributed by atoms with van der Waals surface area (Å²) in [5.41, 5.74) is 0.148. The molecule has 1 rings (SSSR count). The Kier molecular flexibility index (Phi) is 3.26. The van der Waals surface area contributed by atoms with Gasteiger partial charge in [-0.15, -0.1) is 0 Å². The van der Waals surface area contributed by atoms with E-state index in [2.05, 4.69) is 11.4 Å². The molecule has 1 amide bonds. The highest BCUT2D eigenvalue weighted by Crippen LogP contribution is 2.11. The first-order valence-electron chi connectivity index (χ1n) is 4.27. The van der Waals surface area contributed by atoms with E-state index in [0.717, 1.165) is 0 Å². The van der Waals surface area contributed by atoms with Crippen molar-refractivity contribution in [3.8, 4) is 6.07 Å². The van der Waals surface area contributed by atoms with Crippen LogP contribution in [-0.2, 0) is 0 Å². The number of rotatable bonds is 3. The van der Waals surface area contributed by atoms with Crippen LogP contribution in [0.4, 0.5) is 0 Å². The molecule has 0 aliphatic carbocycles. The molecule has 0 aliphatic rings. The average molecular weight is 208 g/mol. The zero-order chi connectivity index (χ0) is 10.6. The minimum absolute atomic E-state index is 0.116. The summed E-state index contributed by atoms with van der Waals surface area (Å²) < 4.78 is 0. The Bertz CT molecular complexity index is 349. The van der Waals surface area contributed by atoms with Crippen LogP contribution in [0.1, 0.15) is 24.2 Å². The first kappa shape index (κ1) is 10.7. The molecular weight excluding hydrogens is 196 g/mol. The topological polar surface area (TPSA) is 52.9 Å². The molecule has 1 heterocycles. The summed E-state index contributed by atoms with van der Waals surface area (Å²) in [7, 11) is 0. The lowest BCUT2D eigenvalue weighted by Crippen LogP contribution is -2.32. The molecule has 74 valence electrons. The second-order valence-corrected chi connectivity index (χ2v) is 4.47. The number of thiophene rings is 1. The number of carbonyl (C=O) groups is 1. The predicted octanol–water partition coefficient (Wildman–Crippen LogP) is 2.03. The van der Waals surface area contributed by atoms with Gasteiger partial charge in [-0.05, 0) is 25.3 Å². The van der Waals surface area contributed by atoms with Crippen molar-refractivity contribution in [3.05, 3.63) is 22.4 Å². The second kappa shape index (κ2) is 4.25. The highest BCUT2D eigenvalue weighted by molar-refractivity contribution is 7.08. The zero-order valence-corrected chi connectivity index (χ0v) is 9.02.